The summed E-state index contributed by atoms with van der Waals surface area (Å²) < 4.78 is 0. The van der Waals surface area contributed by atoms with Crippen LogP contribution in [-0.4, -0.2) is 43.7 Å². The zero-order valence-electron chi connectivity index (χ0n) is 18.0. The molecule has 4 atom stereocenters. The average molecular weight is 383 g/mol. The summed E-state index contributed by atoms with van der Waals surface area (Å²) in [6, 6.07) is 6.13. The van der Waals surface area contributed by atoms with E-state index in [4.69, 9.17) is 0 Å². The topological polar surface area (TPSA) is 35.5 Å². The Labute approximate surface area is 171 Å². The molecule has 0 aliphatic heterocycles. The fourth-order valence-electron chi connectivity index (χ4n) is 6.57. The predicted octanol–water partition coefficient (Wildman–Crippen LogP) is 4.72. The summed E-state index contributed by atoms with van der Waals surface area (Å²) in [5.74, 6) is 2.82. The van der Waals surface area contributed by atoms with E-state index in [1.165, 1.54) is 49.7 Å². The zero-order chi connectivity index (χ0) is 19.7. The molecule has 28 heavy (non-hydrogen) atoms. The van der Waals surface area contributed by atoms with Gasteiger partial charge >= 0.3 is 0 Å². The molecule has 3 aliphatic rings. The molecule has 154 valence electrons. The van der Waals surface area contributed by atoms with Crippen molar-refractivity contribution in [1.82, 2.24) is 10.2 Å². The Morgan fingerprint density at radius 3 is 2.89 bits per heavy atom. The Morgan fingerprint density at radius 1 is 1.21 bits per heavy atom. The first-order valence-corrected chi connectivity index (χ1v) is 11.4. The molecular weight excluding hydrogens is 344 g/mol. The second-order valence-corrected chi connectivity index (χ2v) is 9.88. The third-order valence-corrected chi connectivity index (χ3v) is 8.01. The van der Waals surface area contributed by atoms with E-state index in [1.54, 1.807) is 5.57 Å². The lowest BCUT2D eigenvalue weighted by molar-refractivity contribution is 0.0812. The van der Waals surface area contributed by atoms with Crippen molar-refractivity contribution in [1.29, 1.82) is 0 Å². The van der Waals surface area contributed by atoms with E-state index in [9.17, 15) is 5.11 Å². The second-order valence-electron chi connectivity index (χ2n) is 9.88. The first-order chi connectivity index (χ1) is 13.5. The van der Waals surface area contributed by atoms with Crippen molar-refractivity contribution >= 4 is 0 Å². The minimum atomic E-state index is 0.418. The molecule has 2 N–H and O–H groups in total. The highest BCUT2D eigenvalue weighted by molar-refractivity contribution is 5.40. The molecule has 4 unspecified atom stereocenters. The minimum Gasteiger partial charge on any atom is -0.508 e. The molecule has 3 nitrogen and oxygen atoms in total. The number of allylic oxidation sites excluding steroid dienone is 1. The van der Waals surface area contributed by atoms with Crippen molar-refractivity contribution in [2.45, 2.75) is 57.8 Å². The molecular formula is C25H38N2O. The highest BCUT2D eigenvalue weighted by Crippen LogP contribution is 2.62. The number of aromatic hydroxyl groups is 1. The van der Waals surface area contributed by atoms with Gasteiger partial charge < -0.3 is 15.3 Å². The summed E-state index contributed by atoms with van der Waals surface area (Å²) in [7, 11) is 4.29. The van der Waals surface area contributed by atoms with Gasteiger partial charge in [0, 0.05) is 6.54 Å². The van der Waals surface area contributed by atoms with Gasteiger partial charge in [0.1, 0.15) is 5.75 Å². The van der Waals surface area contributed by atoms with Gasteiger partial charge in [-0.15, -0.1) is 0 Å². The number of benzene rings is 1. The molecule has 2 fully saturated rings. The first kappa shape index (κ1) is 20.0. The molecule has 0 aromatic heterocycles. The van der Waals surface area contributed by atoms with E-state index in [1.807, 2.05) is 12.1 Å². The van der Waals surface area contributed by atoms with Crippen molar-refractivity contribution in [3.05, 3.63) is 41.0 Å². The van der Waals surface area contributed by atoms with Crippen LogP contribution >= 0.6 is 0 Å². The maximum absolute atomic E-state index is 9.86. The predicted molar refractivity (Wildman–Crippen MR) is 117 cm³/mol. The number of fused-ring (bicyclic) bond motifs is 5. The molecule has 0 amide bonds. The third-order valence-electron chi connectivity index (χ3n) is 8.01. The molecule has 0 bridgehead atoms. The number of nitrogens with zero attached hydrogens (tertiary/aromatic N) is 1. The summed E-state index contributed by atoms with van der Waals surface area (Å²) in [6.07, 6.45) is 11.5. The Morgan fingerprint density at radius 2 is 2.07 bits per heavy atom. The molecule has 0 radical (unpaired) electrons. The van der Waals surface area contributed by atoms with Gasteiger partial charge in [0.2, 0.25) is 0 Å². The van der Waals surface area contributed by atoms with Crippen LogP contribution in [0.1, 0.15) is 62.5 Å². The van der Waals surface area contributed by atoms with Gasteiger partial charge in [-0.1, -0.05) is 24.6 Å². The molecule has 1 aromatic carbocycles. The van der Waals surface area contributed by atoms with Crippen molar-refractivity contribution in [3.8, 4) is 5.75 Å². The van der Waals surface area contributed by atoms with Crippen LogP contribution in [0.5, 0.6) is 5.75 Å². The van der Waals surface area contributed by atoms with E-state index in [0.717, 1.165) is 37.9 Å². The molecule has 2 saturated carbocycles. The lowest BCUT2D eigenvalue weighted by Gasteiger charge is -2.49. The maximum Gasteiger partial charge on any atom is 0.115 e. The summed E-state index contributed by atoms with van der Waals surface area (Å²) in [5.41, 5.74) is 5.09. The minimum absolute atomic E-state index is 0.418. The van der Waals surface area contributed by atoms with Crippen molar-refractivity contribution in [3.63, 3.8) is 0 Å². The molecule has 3 aliphatic carbocycles. The highest BCUT2D eigenvalue weighted by atomic mass is 16.3. The van der Waals surface area contributed by atoms with Crippen molar-refractivity contribution in [2.75, 3.05) is 33.7 Å². The first-order valence-electron chi connectivity index (χ1n) is 11.4. The Kier molecular flexibility index (Phi) is 5.85. The normalized spacial score (nSPS) is 33.0. The standard InChI is InChI=1S/C25H38N2O/c1-25-13-11-22-21-9-7-20(28)17-18(21)5-8-23(22)24(25)10-6-19(25)12-15-26-14-4-16-27(2)3/h7,9,12,17,22-24,26,28H,4-6,8,10-11,13-16H2,1-3H3/b19-12+. The maximum atomic E-state index is 9.86. The SMILES string of the molecule is CN(C)CCCNC/C=C1\CCC2C3CCc4cc(O)ccc4C3CCC12C. The number of aryl methyl sites for hydroxylation is 1. The van der Waals surface area contributed by atoms with Gasteiger partial charge in [-0.25, -0.2) is 0 Å². The summed E-state index contributed by atoms with van der Waals surface area (Å²) >= 11 is 0. The number of rotatable bonds is 6. The molecule has 4 rings (SSSR count). The molecule has 0 saturated heterocycles. The van der Waals surface area contributed by atoms with Crippen LogP contribution in [0, 0.1) is 17.3 Å². The molecule has 0 heterocycles. The van der Waals surface area contributed by atoms with Crippen LogP contribution in [0.15, 0.2) is 29.8 Å². The van der Waals surface area contributed by atoms with E-state index >= 15 is 0 Å². The van der Waals surface area contributed by atoms with Gasteiger partial charge in [0.05, 0.1) is 0 Å². The van der Waals surface area contributed by atoms with Crippen LogP contribution in [0.4, 0.5) is 0 Å². The summed E-state index contributed by atoms with van der Waals surface area (Å²) in [6.45, 7) is 5.86. The van der Waals surface area contributed by atoms with Crippen LogP contribution in [-0.2, 0) is 6.42 Å². The van der Waals surface area contributed by atoms with Crippen molar-refractivity contribution < 1.29 is 5.11 Å². The number of nitrogens with one attached hydrogen (secondary N) is 1. The second kappa shape index (κ2) is 8.20. The van der Waals surface area contributed by atoms with E-state index < -0.39 is 0 Å². The van der Waals surface area contributed by atoms with Crippen molar-refractivity contribution in [2.24, 2.45) is 17.3 Å². The lowest BCUT2D eigenvalue weighted by Crippen LogP contribution is -2.40. The largest absolute Gasteiger partial charge is 0.508 e. The van der Waals surface area contributed by atoms with Gasteiger partial charge in [0.15, 0.2) is 0 Å². The zero-order valence-corrected chi connectivity index (χ0v) is 18.0. The number of phenolic OH excluding ortho intramolecular Hbond substituents is 1. The van der Waals surface area contributed by atoms with Crippen LogP contribution < -0.4 is 5.32 Å². The Balaban J connectivity index is 1.41. The molecule has 3 heteroatoms. The fraction of sp³-hybridized carbons (Fsp3) is 0.680. The lowest BCUT2D eigenvalue weighted by atomic mass is 9.55. The summed E-state index contributed by atoms with van der Waals surface area (Å²) in [5, 5.41) is 13.5. The highest BCUT2D eigenvalue weighted by Gasteiger charge is 2.52. The quantitative estimate of drug-likeness (QED) is 0.552. The number of hydrogen-bond acceptors (Lipinski definition) is 3. The van der Waals surface area contributed by atoms with Crippen LogP contribution in [0.25, 0.3) is 0 Å². The van der Waals surface area contributed by atoms with Gasteiger partial charge in [-0.05, 0) is 119 Å². The number of hydrogen-bond donors (Lipinski definition) is 2. The average Bonchev–Trinajstić information content (AvgIpc) is 3.00. The van der Waals surface area contributed by atoms with Gasteiger partial charge in [-0.3, -0.25) is 0 Å². The van der Waals surface area contributed by atoms with Crippen LogP contribution in [0.2, 0.25) is 0 Å². The van der Waals surface area contributed by atoms with E-state index in [-0.39, 0.29) is 0 Å². The van der Waals surface area contributed by atoms with Gasteiger partial charge in [0.25, 0.3) is 0 Å². The number of phenols is 1. The molecule has 0 spiro atoms. The summed E-state index contributed by atoms with van der Waals surface area (Å²) in [4.78, 5) is 2.25. The Hall–Kier alpha value is -1.32. The van der Waals surface area contributed by atoms with E-state index in [0.29, 0.717) is 17.1 Å². The molecule has 1 aromatic rings. The van der Waals surface area contributed by atoms with E-state index in [2.05, 4.69) is 43.4 Å². The fourth-order valence-corrected chi connectivity index (χ4v) is 6.57. The third kappa shape index (κ3) is 3.76. The van der Waals surface area contributed by atoms with Crippen LogP contribution in [0.3, 0.4) is 0 Å². The van der Waals surface area contributed by atoms with Gasteiger partial charge in [-0.2, -0.15) is 0 Å². The Bertz CT molecular complexity index is 725. The smallest absolute Gasteiger partial charge is 0.115 e. The monoisotopic (exact) mass is 382 g/mol.